The number of ether oxygens (including phenoxy) is 2. The highest BCUT2D eigenvalue weighted by molar-refractivity contribution is 6.30. The smallest absolute Gasteiger partial charge is 0.266 e. The predicted octanol–water partition coefficient (Wildman–Crippen LogP) is 4.39. The van der Waals surface area contributed by atoms with E-state index in [4.69, 9.17) is 21.1 Å². The first-order valence-electron chi connectivity index (χ1n) is 9.66. The highest BCUT2D eigenvalue weighted by Gasteiger charge is 2.18. The van der Waals surface area contributed by atoms with Crippen LogP contribution in [0.4, 0.5) is 0 Å². The Morgan fingerprint density at radius 3 is 2.68 bits per heavy atom. The van der Waals surface area contributed by atoms with Gasteiger partial charge in [0.05, 0.1) is 22.3 Å². The predicted molar refractivity (Wildman–Crippen MR) is 117 cm³/mol. The van der Waals surface area contributed by atoms with Gasteiger partial charge in [-0.15, -0.1) is 0 Å². The van der Waals surface area contributed by atoms with Gasteiger partial charge < -0.3 is 9.47 Å². The summed E-state index contributed by atoms with van der Waals surface area (Å²) in [5.74, 6) is 1.29. The molecule has 0 saturated carbocycles. The SMILES string of the molecule is Cc1nn2c(ncc3c(=O)n(-c4ccc5c(c4)OCO5)ccc32)c1-c1ccc(Cl)cc1. The van der Waals surface area contributed by atoms with Crippen molar-refractivity contribution in [2.24, 2.45) is 0 Å². The molecule has 7 nitrogen and oxygen atoms in total. The number of pyridine rings is 1. The van der Waals surface area contributed by atoms with E-state index in [2.05, 4.69) is 10.1 Å². The van der Waals surface area contributed by atoms with Crippen LogP contribution in [0, 0.1) is 6.92 Å². The lowest BCUT2D eigenvalue weighted by Gasteiger charge is -2.09. The molecule has 2 aromatic carbocycles. The van der Waals surface area contributed by atoms with Crippen LogP contribution in [0.1, 0.15) is 5.69 Å². The number of nitrogens with zero attached hydrogens (tertiary/aromatic N) is 4. The Bertz CT molecular complexity index is 1550. The molecule has 3 aromatic heterocycles. The maximum absolute atomic E-state index is 13.3. The van der Waals surface area contributed by atoms with Crippen LogP contribution >= 0.6 is 11.6 Å². The molecular weight excluding hydrogens is 416 g/mol. The Balaban J connectivity index is 1.55. The second-order valence-electron chi connectivity index (χ2n) is 7.29. The van der Waals surface area contributed by atoms with Crippen LogP contribution in [0.3, 0.4) is 0 Å². The third-order valence-electron chi connectivity index (χ3n) is 5.45. The van der Waals surface area contributed by atoms with Crippen molar-refractivity contribution in [3.05, 3.63) is 82.0 Å². The van der Waals surface area contributed by atoms with Crippen molar-refractivity contribution >= 4 is 28.2 Å². The average molecular weight is 431 g/mol. The summed E-state index contributed by atoms with van der Waals surface area (Å²) in [6, 6.07) is 14.8. The van der Waals surface area contributed by atoms with E-state index in [1.807, 2.05) is 43.3 Å². The maximum Gasteiger partial charge on any atom is 0.266 e. The minimum Gasteiger partial charge on any atom is -0.454 e. The van der Waals surface area contributed by atoms with E-state index in [1.54, 1.807) is 33.6 Å². The molecular formula is C23H15ClN4O3. The Labute approximate surface area is 181 Å². The number of halogens is 1. The molecule has 5 aromatic rings. The molecule has 0 unspecified atom stereocenters. The lowest BCUT2D eigenvalue weighted by atomic mass is 10.1. The second-order valence-corrected chi connectivity index (χ2v) is 7.72. The van der Waals surface area contributed by atoms with E-state index in [0.29, 0.717) is 38.8 Å². The average Bonchev–Trinajstić information content (AvgIpc) is 3.38. The number of benzene rings is 2. The van der Waals surface area contributed by atoms with Crippen molar-refractivity contribution in [2.45, 2.75) is 6.92 Å². The van der Waals surface area contributed by atoms with E-state index < -0.39 is 0 Å². The summed E-state index contributed by atoms with van der Waals surface area (Å²) in [7, 11) is 0. The summed E-state index contributed by atoms with van der Waals surface area (Å²) in [6.07, 6.45) is 3.34. The normalized spacial score (nSPS) is 12.7. The fraction of sp³-hybridized carbons (Fsp3) is 0.0870. The summed E-state index contributed by atoms with van der Waals surface area (Å²) in [6.45, 7) is 2.11. The number of hydrogen-bond donors (Lipinski definition) is 0. The fourth-order valence-corrected chi connectivity index (χ4v) is 4.09. The lowest BCUT2D eigenvalue weighted by Crippen LogP contribution is -2.18. The molecule has 8 heteroatoms. The topological polar surface area (TPSA) is 70.7 Å². The standard InChI is InChI=1S/C23H15ClN4O3/c1-13-21(14-2-4-15(24)5-3-14)22-25-11-17-18(28(22)26-13)8-9-27(23(17)29)16-6-7-19-20(10-16)31-12-30-19/h2-11H,12H2,1H3. The molecule has 0 saturated heterocycles. The Hall–Kier alpha value is -3.84. The van der Waals surface area contributed by atoms with Gasteiger partial charge in [-0.05, 0) is 42.8 Å². The Morgan fingerprint density at radius 1 is 1.03 bits per heavy atom. The highest BCUT2D eigenvalue weighted by atomic mass is 35.5. The van der Waals surface area contributed by atoms with Crippen molar-refractivity contribution in [1.82, 2.24) is 19.2 Å². The zero-order valence-electron chi connectivity index (χ0n) is 16.4. The van der Waals surface area contributed by atoms with Crippen molar-refractivity contribution in [2.75, 3.05) is 6.79 Å². The molecule has 0 bridgehead atoms. The molecule has 31 heavy (non-hydrogen) atoms. The summed E-state index contributed by atoms with van der Waals surface area (Å²) < 4.78 is 14.1. The Kier molecular flexibility index (Phi) is 3.82. The molecule has 0 radical (unpaired) electrons. The number of aryl methyl sites for hydroxylation is 1. The van der Waals surface area contributed by atoms with E-state index in [1.165, 1.54) is 0 Å². The molecule has 4 heterocycles. The molecule has 0 amide bonds. The van der Waals surface area contributed by atoms with Gasteiger partial charge in [-0.2, -0.15) is 5.10 Å². The number of fused-ring (bicyclic) bond motifs is 4. The molecule has 1 aliphatic rings. The molecule has 0 atom stereocenters. The van der Waals surface area contributed by atoms with Crippen molar-refractivity contribution in [3.63, 3.8) is 0 Å². The maximum atomic E-state index is 13.3. The van der Waals surface area contributed by atoms with Crippen LogP contribution in [0.2, 0.25) is 5.02 Å². The van der Waals surface area contributed by atoms with Crippen molar-refractivity contribution < 1.29 is 9.47 Å². The van der Waals surface area contributed by atoms with Gasteiger partial charge in [0.25, 0.3) is 5.56 Å². The van der Waals surface area contributed by atoms with E-state index in [0.717, 1.165) is 16.8 Å². The van der Waals surface area contributed by atoms with Crippen LogP contribution < -0.4 is 15.0 Å². The second kappa shape index (κ2) is 6.58. The highest BCUT2D eigenvalue weighted by Crippen LogP contribution is 2.34. The van der Waals surface area contributed by atoms with E-state index in [9.17, 15) is 4.79 Å². The monoisotopic (exact) mass is 430 g/mol. The summed E-state index contributed by atoms with van der Waals surface area (Å²) >= 11 is 6.03. The molecule has 1 aliphatic heterocycles. The first-order chi connectivity index (χ1) is 15.1. The van der Waals surface area contributed by atoms with Gasteiger partial charge in [0, 0.05) is 29.0 Å². The van der Waals surface area contributed by atoms with Crippen LogP contribution in [0.25, 0.3) is 33.4 Å². The first kappa shape index (κ1) is 18.0. The van der Waals surface area contributed by atoms with Crippen LogP contribution in [-0.4, -0.2) is 26.0 Å². The van der Waals surface area contributed by atoms with Gasteiger partial charge in [-0.3, -0.25) is 9.36 Å². The molecule has 0 N–H and O–H groups in total. The molecule has 0 aliphatic carbocycles. The third-order valence-corrected chi connectivity index (χ3v) is 5.71. The minimum atomic E-state index is -0.188. The third kappa shape index (κ3) is 2.70. The quantitative estimate of drug-likeness (QED) is 0.415. The van der Waals surface area contributed by atoms with Gasteiger partial charge in [-0.1, -0.05) is 23.7 Å². The van der Waals surface area contributed by atoms with Crippen molar-refractivity contribution in [1.29, 1.82) is 0 Å². The molecule has 0 spiro atoms. The van der Waals surface area contributed by atoms with Crippen molar-refractivity contribution in [3.8, 4) is 28.3 Å². The lowest BCUT2D eigenvalue weighted by molar-refractivity contribution is 0.174. The van der Waals surface area contributed by atoms with Gasteiger partial charge in [0.1, 0.15) is 0 Å². The van der Waals surface area contributed by atoms with Crippen LogP contribution in [0.15, 0.2) is 65.7 Å². The van der Waals surface area contributed by atoms with Crippen LogP contribution in [0.5, 0.6) is 11.5 Å². The van der Waals surface area contributed by atoms with E-state index >= 15 is 0 Å². The Morgan fingerprint density at radius 2 is 1.84 bits per heavy atom. The van der Waals surface area contributed by atoms with Gasteiger partial charge in [-0.25, -0.2) is 9.50 Å². The zero-order chi connectivity index (χ0) is 21.1. The number of aromatic nitrogens is 4. The van der Waals surface area contributed by atoms with Gasteiger partial charge >= 0.3 is 0 Å². The number of rotatable bonds is 2. The molecule has 0 fully saturated rings. The first-order valence-corrected chi connectivity index (χ1v) is 10.0. The number of hydrogen-bond acceptors (Lipinski definition) is 5. The zero-order valence-corrected chi connectivity index (χ0v) is 17.1. The minimum absolute atomic E-state index is 0.182. The summed E-state index contributed by atoms with van der Waals surface area (Å²) in [5, 5.41) is 5.80. The summed E-state index contributed by atoms with van der Waals surface area (Å²) in [4.78, 5) is 17.9. The summed E-state index contributed by atoms with van der Waals surface area (Å²) in [5.41, 5.74) is 4.59. The largest absolute Gasteiger partial charge is 0.454 e. The van der Waals surface area contributed by atoms with Gasteiger partial charge in [0.2, 0.25) is 6.79 Å². The van der Waals surface area contributed by atoms with Crippen LogP contribution in [-0.2, 0) is 0 Å². The van der Waals surface area contributed by atoms with Gasteiger partial charge in [0.15, 0.2) is 17.1 Å². The molecule has 152 valence electrons. The van der Waals surface area contributed by atoms with E-state index in [-0.39, 0.29) is 12.4 Å². The fourth-order valence-electron chi connectivity index (χ4n) is 3.97. The molecule has 6 rings (SSSR count).